The monoisotopic (exact) mass is 271 g/mol. The molecule has 0 saturated heterocycles. The first kappa shape index (κ1) is 13.9. The summed E-state index contributed by atoms with van der Waals surface area (Å²) in [5.74, 6) is 1.34. The number of nitriles is 1. The second-order valence-electron chi connectivity index (χ2n) is 4.44. The van der Waals surface area contributed by atoms with E-state index in [1.54, 1.807) is 22.9 Å². The molecule has 0 aliphatic rings. The van der Waals surface area contributed by atoms with Gasteiger partial charge in [-0.2, -0.15) is 5.26 Å². The first-order valence-electron chi connectivity index (χ1n) is 6.45. The average molecular weight is 271 g/mol. The molecule has 0 amide bonds. The van der Waals surface area contributed by atoms with Crippen molar-refractivity contribution in [2.24, 2.45) is 7.05 Å². The average Bonchev–Trinajstić information content (AvgIpc) is 2.77. The van der Waals surface area contributed by atoms with Crippen LogP contribution >= 0.6 is 0 Å². The van der Waals surface area contributed by atoms with Crippen molar-refractivity contribution in [3.8, 4) is 17.7 Å². The largest absolute Gasteiger partial charge is 0.493 e. The molecule has 20 heavy (non-hydrogen) atoms. The molecule has 104 valence electrons. The van der Waals surface area contributed by atoms with E-state index in [2.05, 4.69) is 11.2 Å². The minimum atomic E-state index is 0.542. The van der Waals surface area contributed by atoms with E-state index in [9.17, 15) is 0 Å². The van der Waals surface area contributed by atoms with Crippen LogP contribution in [-0.4, -0.2) is 23.0 Å². The van der Waals surface area contributed by atoms with Gasteiger partial charge in [-0.1, -0.05) is 6.07 Å². The number of ether oxygens (including phenoxy) is 2. The maximum Gasteiger partial charge on any atom is 0.232 e. The number of benzene rings is 1. The van der Waals surface area contributed by atoms with Gasteiger partial charge in [-0.3, -0.25) is 4.68 Å². The van der Waals surface area contributed by atoms with Gasteiger partial charge in [0.2, 0.25) is 5.88 Å². The van der Waals surface area contributed by atoms with Crippen molar-refractivity contribution in [1.82, 2.24) is 9.78 Å². The van der Waals surface area contributed by atoms with E-state index in [-0.39, 0.29) is 0 Å². The fourth-order valence-corrected chi connectivity index (χ4v) is 1.68. The van der Waals surface area contributed by atoms with Gasteiger partial charge < -0.3 is 9.47 Å². The predicted molar refractivity (Wildman–Crippen MR) is 74.7 cm³/mol. The molecule has 0 fully saturated rings. The standard InChI is InChI=1S/C15H17N3O2/c1-12-9-15(17-18(12)2)20-8-4-7-19-14-6-3-5-13(10-14)11-16/h3,5-6,9-10H,4,7-8H2,1-2H3. The Balaban J connectivity index is 1.70. The molecule has 0 unspecified atom stereocenters. The van der Waals surface area contributed by atoms with Crippen LogP contribution in [0.25, 0.3) is 0 Å². The Labute approximate surface area is 118 Å². The van der Waals surface area contributed by atoms with Crippen LogP contribution < -0.4 is 9.47 Å². The van der Waals surface area contributed by atoms with Crippen LogP contribution in [0.3, 0.4) is 0 Å². The predicted octanol–water partition coefficient (Wildman–Crippen LogP) is 2.45. The molecule has 0 bridgehead atoms. The van der Waals surface area contributed by atoms with E-state index in [1.807, 2.05) is 26.1 Å². The molecule has 5 nitrogen and oxygen atoms in total. The molecule has 0 saturated carbocycles. The normalized spacial score (nSPS) is 10.1. The van der Waals surface area contributed by atoms with Crippen molar-refractivity contribution in [3.63, 3.8) is 0 Å². The molecule has 5 heteroatoms. The van der Waals surface area contributed by atoms with Crippen molar-refractivity contribution in [1.29, 1.82) is 5.26 Å². The molecule has 1 aromatic carbocycles. The van der Waals surface area contributed by atoms with Gasteiger partial charge in [-0.05, 0) is 25.1 Å². The minimum Gasteiger partial charge on any atom is -0.493 e. The van der Waals surface area contributed by atoms with Crippen LogP contribution in [0.1, 0.15) is 17.7 Å². The lowest BCUT2D eigenvalue weighted by molar-refractivity contribution is 0.241. The maximum absolute atomic E-state index is 8.79. The second kappa shape index (κ2) is 6.62. The van der Waals surface area contributed by atoms with Gasteiger partial charge >= 0.3 is 0 Å². The molecule has 0 atom stereocenters. The highest BCUT2D eigenvalue weighted by Gasteiger charge is 2.01. The molecule has 0 spiro atoms. The van der Waals surface area contributed by atoms with Gasteiger partial charge in [0.1, 0.15) is 5.75 Å². The highest BCUT2D eigenvalue weighted by molar-refractivity contribution is 5.36. The number of hydrogen-bond donors (Lipinski definition) is 0. The van der Waals surface area contributed by atoms with Crippen LogP contribution in [0.15, 0.2) is 30.3 Å². The van der Waals surface area contributed by atoms with Crippen LogP contribution in [-0.2, 0) is 7.05 Å². The molecule has 1 heterocycles. The zero-order valence-corrected chi connectivity index (χ0v) is 11.7. The van der Waals surface area contributed by atoms with Crippen LogP contribution in [0.5, 0.6) is 11.6 Å². The fraction of sp³-hybridized carbons (Fsp3) is 0.333. The smallest absolute Gasteiger partial charge is 0.232 e. The summed E-state index contributed by atoms with van der Waals surface area (Å²) in [6.07, 6.45) is 0.756. The topological polar surface area (TPSA) is 60.1 Å². The van der Waals surface area contributed by atoms with Crippen LogP contribution in [0.4, 0.5) is 0 Å². The van der Waals surface area contributed by atoms with E-state index in [0.29, 0.717) is 30.4 Å². The first-order chi connectivity index (χ1) is 9.69. The molecular weight excluding hydrogens is 254 g/mol. The van der Waals surface area contributed by atoms with Crippen LogP contribution in [0, 0.1) is 18.3 Å². The van der Waals surface area contributed by atoms with Gasteiger partial charge in [-0.15, -0.1) is 5.10 Å². The summed E-state index contributed by atoms with van der Waals surface area (Å²) in [5.41, 5.74) is 1.66. The fourth-order valence-electron chi connectivity index (χ4n) is 1.68. The van der Waals surface area contributed by atoms with Crippen LogP contribution in [0.2, 0.25) is 0 Å². The summed E-state index contributed by atoms with van der Waals surface area (Å²) in [7, 11) is 1.88. The Kier molecular flexibility index (Phi) is 4.61. The third-order valence-corrected chi connectivity index (χ3v) is 2.86. The summed E-state index contributed by atoms with van der Waals surface area (Å²) in [5, 5.41) is 13.0. The van der Waals surface area contributed by atoms with Crippen molar-refractivity contribution in [2.45, 2.75) is 13.3 Å². The number of aryl methyl sites for hydroxylation is 2. The Hall–Kier alpha value is -2.48. The third-order valence-electron chi connectivity index (χ3n) is 2.86. The summed E-state index contributed by atoms with van der Waals surface area (Å²) in [6, 6.07) is 11.1. The molecule has 2 rings (SSSR count). The number of rotatable bonds is 6. The zero-order chi connectivity index (χ0) is 14.4. The molecular formula is C15H17N3O2. The molecule has 0 aliphatic heterocycles. The number of aromatic nitrogens is 2. The van der Waals surface area contributed by atoms with E-state index >= 15 is 0 Å². The minimum absolute atomic E-state index is 0.542. The van der Waals surface area contributed by atoms with E-state index in [4.69, 9.17) is 14.7 Å². The molecule has 0 aliphatic carbocycles. The lowest BCUT2D eigenvalue weighted by Crippen LogP contribution is -2.05. The van der Waals surface area contributed by atoms with E-state index in [1.165, 1.54) is 0 Å². The lowest BCUT2D eigenvalue weighted by atomic mass is 10.2. The van der Waals surface area contributed by atoms with E-state index in [0.717, 1.165) is 12.1 Å². The molecule has 0 radical (unpaired) electrons. The molecule has 1 aromatic heterocycles. The summed E-state index contributed by atoms with van der Waals surface area (Å²) >= 11 is 0. The third kappa shape index (κ3) is 3.75. The van der Waals surface area contributed by atoms with Gasteiger partial charge in [-0.25, -0.2) is 0 Å². The lowest BCUT2D eigenvalue weighted by Gasteiger charge is -2.06. The quantitative estimate of drug-likeness (QED) is 0.757. The van der Waals surface area contributed by atoms with Gasteiger partial charge in [0.15, 0.2) is 0 Å². The summed E-state index contributed by atoms with van der Waals surface area (Å²) in [6.45, 7) is 3.07. The summed E-state index contributed by atoms with van der Waals surface area (Å²) < 4.78 is 12.9. The maximum atomic E-state index is 8.79. The Morgan fingerprint density at radius 3 is 2.75 bits per heavy atom. The van der Waals surface area contributed by atoms with Gasteiger partial charge in [0.25, 0.3) is 0 Å². The van der Waals surface area contributed by atoms with Gasteiger partial charge in [0.05, 0.1) is 24.8 Å². The molecule has 0 N–H and O–H groups in total. The Bertz CT molecular complexity index is 594. The first-order valence-corrected chi connectivity index (χ1v) is 6.45. The highest BCUT2D eigenvalue weighted by atomic mass is 16.5. The Morgan fingerprint density at radius 2 is 2.05 bits per heavy atom. The Morgan fingerprint density at radius 1 is 1.25 bits per heavy atom. The second-order valence-corrected chi connectivity index (χ2v) is 4.44. The van der Waals surface area contributed by atoms with Crippen molar-refractivity contribution in [3.05, 3.63) is 41.6 Å². The summed E-state index contributed by atoms with van der Waals surface area (Å²) in [4.78, 5) is 0. The van der Waals surface area contributed by atoms with Crippen molar-refractivity contribution >= 4 is 0 Å². The van der Waals surface area contributed by atoms with Crippen molar-refractivity contribution < 1.29 is 9.47 Å². The molecule has 2 aromatic rings. The van der Waals surface area contributed by atoms with Gasteiger partial charge in [0, 0.05) is 25.2 Å². The zero-order valence-electron chi connectivity index (χ0n) is 11.7. The number of hydrogen-bond acceptors (Lipinski definition) is 4. The number of nitrogens with zero attached hydrogens (tertiary/aromatic N) is 3. The highest BCUT2D eigenvalue weighted by Crippen LogP contribution is 2.13. The SMILES string of the molecule is Cc1cc(OCCCOc2cccc(C#N)c2)nn1C. The van der Waals surface area contributed by atoms with Crippen molar-refractivity contribution in [2.75, 3.05) is 13.2 Å². The van der Waals surface area contributed by atoms with E-state index < -0.39 is 0 Å².